The van der Waals surface area contributed by atoms with Crippen molar-refractivity contribution in [2.75, 3.05) is 17.3 Å². The molecule has 2 rings (SSSR count). The molecule has 0 amide bonds. The second kappa shape index (κ2) is 6.81. The highest BCUT2D eigenvalue weighted by atomic mass is 19.1. The Morgan fingerprint density at radius 1 is 1.15 bits per heavy atom. The number of nitrogens with one attached hydrogen (secondary N) is 2. The summed E-state index contributed by atoms with van der Waals surface area (Å²) in [6, 6.07) is 8.24. The van der Waals surface area contributed by atoms with Crippen LogP contribution >= 0.6 is 0 Å². The Balaban J connectivity index is 1.94. The van der Waals surface area contributed by atoms with Crippen LogP contribution in [0, 0.1) is 5.82 Å². The lowest BCUT2D eigenvalue weighted by Crippen LogP contribution is -2.13. The first-order chi connectivity index (χ1) is 9.71. The molecule has 1 heterocycles. The molecule has 1 aromatic carbocycles. The first-order valence-corrected chi connectivity index (χ1v) is 6.54. The number of hydrogen-bond donors (Lipinski definition) is 3. The number of nitrogen functional groups attached to an aromatic ring is 1. The van der Waals surface area contributed by atoms with Crippen LogP contribution in [0.1, 0.15) is 18.3 Å². The van der Waals surface area contributed by atoms with Gasteiger partial charge in [-0.1, -0.05) is 19.1 Å². The largest absolute Gasteiger partial charge is 0.370 e. The molecule has 0 saturated heterocycles. The molecular formula is C14H18FN5. The number of anilines is 2. The van der Waals surface area contributed by atoms with Gasteiger partial charge in [-0.25, -0.2) is 20.2 Å². The van der Waals surface area contributed by atoms with Crippen LogP contribution < -0.4 is 16.6 Å². The van der Waals surface area contributed by atoms with E-state index in [9.17, 15) is 4.39 Å². The van der Waals surface area contributed by atoms with E-state index in [1.165, 1.54) is 12.1 Å². The van der Waals surface area contributed by atoms with Gasteiger partial charge in [0.2, 0.25) is 0 Å². The zero-order valence-corrected chi connectivity index (χ0v) is 11.4. The molecule has 106 valence electrons. The van der Waals surface area contributed by atoms with Gasteiger partial charge < -0.3 is 10.7 Å². The van der Waals surface area contributed by atoms with Crippen molar-refractivity contribution >= 4 is 11.6 Å². The van der Waals surface area contributed by atoms with E-state index < -0.39 is 0 Å². The van der Waals surface area contributed by atoms with Crippen LogP contribution in [0.25, 0.3) is 0 Å². The van der Waals surface area contributed by atoms with Crippen molar-refractivity contribution in [2.24, 2.45) is 5.84 Å². The van der Waals surface area contributed by atoms with Gasteiger partial charge in [0, 0.05) is 19.0 Å². The Morgan fingerprint density at radius 2 is 1.85 bits per heavy atom. The quantitative estimate of drug-likeness (QED) is 0.556. The van der Waals surface area contributed by atoms with E-state index in [0.717, 1.165) is 30.0 Å². The number of benzene rings is 1. The molecule has 20 heavy (non-hydrogen) atoms. The van der Waals surface area contributed by atoms with E-state index in [2.05, 4.69) is 20.7 Å². The first-order valence-electron chi connectivity index (χ1n) is 6.54. The van der Waals surface area contributed by atoms with Crippen LogP contribution in [0.2, 0.25) is 0 Å². The highest BCUT2D eigenvalue weighted by Gasteiger charge is 2.02. The van der Waals surface area contributed by atoms with E-state index in [1.807, 2.05) is 6.92 Å². The molecule has 0 radical (unpaired) electrons. The van der Waals surface area contributed by atoms with E-state index in [1.54, 1.807) is 18.2 Å². The van der Waals surface area contributed by atoms with Crippen molar-refractivity contribution < 1.29 is 4.39 Å². The minimum atomic E-state index is -0.219. The van der Waals surface area contributed by atoms with Crippen LogP contribution in [0.15, 0.2) is 30.3 Å². The molecule has 0 aliphatic heterocycles. The van der Waals surface area contributed by atoms with Gasteiger partial charge in [0.05, 0.1) is 0 Å². The summed E-state index contributed by atoms with van der Waals surface area (Å²) in [6.45, 7) is 2.69. The predicted molar refractivity (Wildman–Crippen MR) is 77.8 cm³/mol. The lowest BCUT2D eigenvalue weighted by Gasteiger charge is -2.09. The van der Waals surface area contributed by atoms with Gasteiger partial charge in [-0.2, -0.15) is 0 Å². The van der Waals surface area contributed by atoms with Crippen LogP contribution in [0.5, 0.6) is 0 Å². The highest BCUT2D eigenvalue weighted by molar-refractivity contribution is 5.46. The van der Waals surface area contributed by atoms with Crippen LogP contribution in [0.3, 0.4) is 0 Å². The second-order valence-corrected chi connectivity index (χ2v) is 4.36. The molecule has 6 heteroatoms. The summed E-state index contributed by atoms with van der Waals surface area (Å²) >= 11 is 0. The molecule has 0 atom stereocenters. The minimum absolute atomic E-state index is 0.219. The number of hydrogen-bond acceptors (Lipinski definition) is 5. The number of rotatable bonds is 6. The fraction of sp³-hybridized carbons (Fsp3) is 0.286. The van der Waals surface area contributed by atoms with Gasteiger partial charge in [0.25, 0.3) is 0 Å². The number of halogens is 1. The van der Waals surface area contributed by atoms with Gasteiger partial charge in [-0.3, -0.25) is 0 Å². The van der Waals surface area contributed by atoms with Crippen molar-refractivity contribution in [3.63, 3.8) is 0 Å². The summed E-state index contributed by atoms with van der Waals surface area (Å²) in [7, 11) is 0. The maximum atomic E-state index is 12.8. The molecule has 4 N–H and O–H groups in total. The van der Waals surface area contributed by atoms with Gasteiger partial charge >= 0.3 is 0 Å². The lowest BCUT2D eigenvalue weighted by molar-refractivity contribution is 0.627. The average Bonchev–Trinajstić information content (AvgIpc) is 2.49. The monoisotopic (exact) mass is 275 g/mol. The molecule has 0 spiro atoms. The van der Waals surface area contributed by atoms with E-state index >= 15 is 0 Å². The zero-order chi connectivity index (χ0) is 14.4. The summed E-state index contributed by atoms with van der Waals surface area (Å²) in [5.41, 5.74) is 3.59. The number of hydrazine groups is 1. The van der Waals surface area contributed by atoms with Crippen molar-refractivity contribution in [1.29, 1.82) is 0 Å². The zero-order valence-electron chi connectivity index (χ0n) is 11.4. The Kier molecular flexibility index (Phi) is 4.84. The highest BCUT2D eigenvalue weighted by Crippen LogP contribution is 2.11. The maximum absolute atomic E-state index is 12.8. The number of nitrogens with zero attached hydrogens (tertiary/aromatic N) is 2. The fourth-order valence-corrected chi connectivity index (χ4v) is 1.81. The normalized spacial score (nSPS) is 10.3. The summed E-state index contributed by atoms with van der Waals surface area (Å²) in [5.74, 6) is 7.19. The van der Waals surface area contributed by atoms with Gasteiger partial charge in [0.1, 0.15) is 23.3 Å². The topological polar surface area (TPSA) is 75.9 Å². The molecule has 0 aliphatic carbocycles. The first kappa shape index (κ1) is 14.2. The Morgan fingerprint density at radius 3 is 2.50 bits per heavy atom. The molecule has 0 unspecified atom stereocenters. The third-order valence-electron chi connectivity index (χ3n) is 2.87. The number of aryl methyl sites for hydroxylation is 1. The van der Waals surface area contributed by atoms with Gasteiger partial charge in [-0.05, 0) is 24.1 Å². The predicted octanol–water partition coefficient (Wildman–Crippen LogP) is 2.12. The van der Waals surface area contributed by atoms with Crippen LogP contribution in [-0.4, -0.2) is 16.5 Å². The van der Waals surface area contributed by atoms with Crippen LogP contribution in [-0.2, 0) is 12.8 Å². The van der Waals surface area contributed by atoms with E-state index in [-0.39, 0.29) is 5.82 Å². The standard InChI is InChI=1S/C14H18FN5/c1-2-12-18-13(9-14(19-12)20-16)17-8-7-10-3-5-11(15)6-4-10/h3-6,9H,2,7-8,16H2,1H3,(H2,17,18,19,20). The molecule has 0 bridgehead atoms. The third kappa shape index (κ3) is 3.89. The van der Waals surface area contributed by atoms with Crippen molar-refractivity contribution in [3.05, 3.63) is 47.5 Å². The SMILES string of the molecule is CCc1nc(NN)cc(NCCc2ccc(F)cc2)n1. The minimum Gasteiger partial charge on any atom is -0.370 e. The van der Waals surface area contributed by atoms with Gasteiger partial charge in [0.15, 0.2) is 0 Å². The summed E-state index contributed by atoms with van der Waals surface area (Å²) < 4.78 is 12.8. The van der Waals surface area contributed by atoms with Crippen molar-refractivity contribution in [2.45, 2.75) is 19.8 Å². The summed E-state index contributed by atoms with van der Waals surface area (Å²) in [6.07, 6.45) is 1.53. The van der Waals surface area contributed by atoms with Crippen molar-refractivity contribution in [3.8, 4) is 0 Å². The molecule has 5 nitrogen and oxygen atoms in total. The van der Waals surface area contributed by atoms with Gasteiger partial charge in [-0.15, -0.1) is 0 Å². The molecule has 0 fully saturated rings. The number of aromatic nitrogens is 2. The summed E-state index contributed by atoms with van der Waals surface area (Å²) in [4.78, 5) is 8.58. The fourth-order valence-electron chi connectivity index (χ4n) is 1.81. The third-order valence-corrected chi connectivity index (χ3v) is 2.87. The van der Waals surface area contributed by atoms with E-state index in [4.69, 9.17) is 5.84 Å². The summed E-state index contributed by atoms with van der Waals surface area (Å²) in [5, 5.41) is 3.22. The lowest BCUT2D eigenvalue weighted by atomic mass is 10.1. The number of nitrogens with two attached hydrogens (primary N) is 1. The van der Waals surface area contributed by atoms with E-state index in [0.29, 0.717) is 12.4 Å². The average molecular weight is 275 g/mol. The Bertz CT molecular complexity index is 534. The molecule has 0 aliphatic rings. The Hall–Kier alpha value is -2.21. The second-order valence-electron chi connectivity index (χ2n) is 4.36. The smallest absolute Gasteiger partial charge is 0.145 e. The van der Waals surface area contributed by atoms with Crippen LogP contribution in [0.4, 0.5) is 16.0 Å². The maximum Gasteiger partial charge on any atom is 0.145 e. The molecule has 0 saturated carbocycles. The Labute approximate surface area is 117 Å². The molecule has 2 aromatic rings. The van der Waals surface area contributed by atoms with Crippen molar-refractivity contribution in [1.82, 2.24) is 9.97 Å². The molecular weight excluding hydrogens is 257 g/mol. The molecule has 1 aromatic heterocycles.